The minimum atomic E-state index is -4.76. The van der Waals surface area contributed by atoms with Crippen LogP contribution in [0.1, 0.15) is 20.7 Å². The monoisotopic (exact) mass is 447 g/mol. The molecule has 10 heteroatoms. The Hall–Kier alpha value is -4.15. The van der Waals surface area contributed by atoms with Crippen molar-refractivity contribution in [2.24, 2.45) is 10.2 Å². The first-order chi connectivity index (χ1) is 15.2. The fourth-order valence-corrected chi connectivity index (χ4v) is 4.52. The number of carbonyl (C=O) groups is 2. The predicted octanol–water partition coefficient (Wildman–Crippen LogP) is 4.32. The molecule has 0 unspecified atom stereocenters. The second-order valence-electron chi connectivity index (χ2n) is 7.25. The normalized spacial score (nSPS) is 13.7. The summed E-state index contributed by atoms with van der Waals surface area (Å²) in [6.45, 7) is 0. The van der Waals surface area contributed by atoms with Gasteiger partial charge in [-0.25, -0.2) is 0 Å². The second-order valence-corrected chi connectivity index (χ2v) is 8.64. The van der Waals surface area contributed by atoms with Crippen molar-refractivity contribution in [2.45, 2.75) is 4.90 Å². The van der Waals surface area contributed by atoms with Crippen molar-refractivity contribution < 1.29 is 27.7 Å². The average Bonchev–Trinajstić information content (AvgIpc) is 3.00. The molecular weight excluding hydrogens is 434 g/mol. The van der Waals surface area contributed by atoms with Gasteiger partial charge in [-0.2, -0.15) is 8.42 Å². The lowest BCUT2D eigenvalue weighted by Gasteiger charge is -2.09. The van der Waals surface area contributed by atoms with E-state index >= 15 is 0 Å². The Balaban J connectivity index is 1.75. The van der Waals surface area contributed by atoms with Gasteiger partial charge in [0, 0.05) is 33.0 Å². The lowest BCUT2D eigenvalue weighted by molar-refractivity contribution is 0.0825. The van der Waals surface area contributed by atoms with Gasteiger partial charge in [0.2, 0.25) is 11.6 Å². The van der Waals surface area contributed by atoms with E-state index in [2.05, 4.69) is 10.2 Å². The van der Waals surface area contributed by atoms with Crippen molar-refractivity contribution in [3.05, 3.63) is 65.7 Å². The summed E-state index contributed by atoms with van der Waals surface area (Å²) in [4.78, 5) is 23.7. The number of phenolic OH excluding ortho intramolecular Hbond substituents is 1. The molecule has 0 heterocycles. The Kier molecular flexibility index (Phi) is 4.13. The number of hydrogen-bond donors (Lipinski definition) is 3. The summed E-state index contributed by atoms with van der Waals surface area (Å²) < 4.78 is 33.6. The number of carbonyl (C=O) groups excluding carboxylic acids is 2. The van der Waals surface area contributed by atoms with Crippen LogP contribution in [-0.4, -0.2) is 29.6 Å². The van der Waals surface area contributed by atoms with E-state index in [0.29, 0.717) is 21.8 Å². The molecule has 4 aromatic rings. The summed E-state index contributed by atoms with van der Waals surface area (Å²) >= 11 is 0. The van der Waals surface area contributed by atoms with Gasteiger partial charge in [-0.05, 0) is 35.7 Å². The maximum absolute atomic E-state index is 12.2. The molecule has 0 atom stereocenters. The Morgan fingerprint density at radius 1 is 0.844 bits per heavy atom. The number of nitrogen functional groups attached to an aromatic ring is 1. The molecule has 0 aliphatic heterocycles. The van der Waals surface area contributed by atoms with Crippen LogP contribution in [-0.2, 0) is 10.1 Å². The molecule has 0 radical (unpaired) electrons. The third-order valence-corrected chi connectivity index (χ3v) is 6.19. The maximum atomic E-state index is 12.2. The molecule has 0 aromatic heterocycles. The Morgan fingerprint density at radius 3 is 2.28 bits per heavy atom. The van der Waals surface area contributed by atoms with E-state index in [4.69, 9.17) is 5.73 Å². The average molecular weight is 447 g/mol. The second kappa shape index (κ2) is 6.67. The number of azo groups is 1. The van der Waals surface area contributed by atoms with Crippen molar-refractivity contribution in [3.63, 3.8) is 0 Å². The summed E-state index contributed by atoms with van der Waals surface area (Å²) in [7, 11) is -4.76. The summed E-state index contributed by atoms with van der Waals surface area (Å²) in [5.41, 5.74) is 6.36. The van der Waals surface area contributed by atoms with Crippen LogP contribution in [0, 0.1) is 0 Å². The van der Waals surface area contributed by atoms with E-state index in [9.17, 15) is 27.7 Å². The molecule has 158 valence electrons. The molecule has 1 aliphatic carbocycles. The van der Waals surface area contributed by atoms with Gasteiger partial charge in [0.05, 0.1) is 5.69 Å². The quantitative estimate of drug-likeness (QED) is 0.182. The van der Waals surface area contributed by atoms with E-state index in [1.807, 2.05) is 0 Å². The van der Waals surface area contributed by atoms with Gasteiger partial charge in [0.1, 0.15) is 10.6 Å². The highest BCUT2D eigenvalue weighted by molar-refractivity contribution is 7.86. The van der Waals surface area contributed by atoms with Crippen LogP contribution in [0.15, 0.2) is 69.7 Å². The Morgan fingerprint density at radius 2 is 1.56 bits per heavy atom. The molecule has 4 aromatic carbocycles. The molecular formula is C22H13N3O6S. The lowest BCUT2D eigenvalue weighted by Crippen LogP contribution is -2.05. The fourth-order valence-electron chi connectivity index (χ4n) is 3.86. The number of benzene rings is 4. The Bertz CT molecular complexity index is 1640. The number of aromatic hydroxyl groups is 1. The molecule has 32 heavy (non-hydrogen) atoms. The van der Waals surface area contributed by atoms with Crippen molar-refractivity contribution in [1.29, 1.82) is 0 Å². The van der Waals surface area contributed by atoms with Crippen LogP contribution in [0.4, 0.5) is 17.1 Å². The third-order valence-electron chi connectivity index (χ3n) is 5.33. The van der Waals surface area contributed by atoms with E-state index < -0.39 is 38.0 Å². The summed E-state index contributed by atoms with van der Waals surface area (Å²) in [5.74, 6) is -1.75. The van der Waals surface area contributed by atoms with Crippen molar-refractivity contribution in [3.8, 4) is 5.75 Å². The first kappa shape index (κ1) is 19.8. The van der Waals surface area contributed by atoms with Gasteiger partial charge in [0.15, 0.2) is 5.75 Å². The van der Waals surface area contributed by atoms with Gasteiger partial charge in [-0.15, -0.1) is 10.2 Å². The predicted molar refractivity (Wildman–Crippen MR) is 117 cm³/mol. The molecule has 5 rings (SSSR count). The molecule has 1 aliphatic rings. The highest BCUT2D eigenvalue weighted by Crippen LogP contribution is 2.43. The van der Waals surface area contributed by atoms with E-state index in [0.717, 1.165) is 6.07 Å². The highest BCUT2D eigenvalue weighted by Gasteiger charge is 2.31. The largest absolute Gasteiger partial charge is 0.505 e. The lowest BCUT2D eigenvalue weighted by atomic mass is 10.0. The number of nitrogens with two attached hydrogens (primary N) is 1. The van der Waals surface area contributed by atoms with E-state index in [-0.39, 0.29) is 22.2 Å². The number of phenols is 1. The number of Topliss-reactive ketones (excluding diaryl/α,β-unsaturated/α-hetero) is 2. The van der Waals surface area contributed by atoms with Crippen LogP contribution >= 0.6 is 0 Å². The molecule has 0 fully saturated rings. The van der Waals surface area contributed by atoms with Gasteiger partial charge in [0.25, 0.3) is 10.1 Å². The minimum Gasteiger partial charge on any atom is -0.505 e. The standard InChI is InChI=1S/C22H13N3O6S/c23-11-5-4-10-8-17(32(29,30)31)19(20(26)15(10)9-11)25-24-16-7-6-14-18-12(16)2-1-3-13(18)21(27)22(14)28/h1-9,26H,23H2,(H,29,30,31). The molecule has 4 N–H and O–H groups in total. The smallest absolute Gasteiger partial charge is 0.296 e. The number of fused-ring (bicyclic) bond motifs is 1. The number of nitrogens with zero attached hydrogens (tertiary/aromatic N) is 2. The van der Waals surface area contributed by atoms with E-state index in [1.165, 1.54) is 36.4 Å². The zero-order valence-corrected chi connectivity index (χ0v) is 16.9. The van der Waals surface area contributed by atoms with Gasteiger partial charge in [-0.3, -0.25) is 14.1 Å². The number of hydrogen-bond acceptors (Lipinski definition) is 8. The first-order valence-corrected chi connectivity index (χ1v) is 10.7. The molecule has 0 amide bonds. The van der Waals surface area contributed by atoms with Crippen LogP contribution in [0.2, 0.25) is 0 Å². The van der Waals surface area contributed by atoms with Gasteiger partial charge in [-0.1, -0.05) is 24.3 Å². The zero-order valence-electron chi connectivity index (χ0n) is 16.1. The SMILES string of the molecule is Nc1ccc2cc(S(=O)(=O)O)c(N=Nc3ccc4c5c(cccc35)C(=O)C4=O)c(O)c2c1. The fraction of sp³-hybridized carbons (Fsp3) is 0. The van der Waals surface area contributed by atoms with Crippen molar-refractivity contribution >= 4 is 60.3 Å². The summed E-state index contributed by atoms with van der Waals surface area (Å²) in [5, 5.41) is 20.1. The third kappa shape index (κ3) is 2.85. The maximum Gasteiger partial charge on any atom is 0.296 e. The van der Waals surface area contributed by atoms with E-state index in [1.54, 1.807) is 12.1 Å². The molecule has 0 bridgehead atoms. The van der Waals surface area contributed by atoms with Crippen LogP contribution in [0.3, 0.4) is 0 Å². The van der Waals surface area contributed by atoms with Gasteiger partial charge < -0.3 is 10.8 Å². The van der Waals surface area contributed by atoms with Gasteiger partial charge >= 0.3 is 0 Å². The van der Waals surface area contributed by atoms with Crippen molar-refractivity contribution in [1.82, 2.24) is 0 Å². The Labute approximate surface area is 180 Å². The minimum absolute atomic E-state index is 0.225. The highest BCUT2D eigenvalue weighted by atomic mass is 32.2. The molecule has 9 nitrogen and oxygen atoms in total. The first-order valence-electron chi connectivity index (χ1n) is 9.26. The van der Waals surface area contributed by atoms with Crippen LogP contribution < -0.4 is 5.73 Å². The number of rotatable bonds is 3. The van der Waals surface area contributed by atoms with Crippen LogP contribution in [0.5, 0.6) is 5.75 Å². The number of anilines is 1. The molecule has 0 saturated carbocycles. The number of ketones is 2. The summed E-state index contributed by atoms with van der Waals surface area (Å²) in [6, 6.07) is 13.3. The topological polar surface area (TPSA) is 159 Å². The van der Waals surface area contributed by atoms with Crippen molar-refractivity contribution in [2.75, 3.05) is 5.73 Å². The molecule has 0 spiro atoms. The molecule has 0 saturated heterocycles. The van der Waals surface area contributed by atoms with Crippen LogP contribution in [0.25, 0.3) is 21.5 Å². The zero-order chi connectivity index (χ0) is 22.8. The summed E-state index contributed by atoms with van der Waals surface area (Å²) in [6.07, 6.45) is 0.